The van der Waals surface area contributed by atoms with Crippen LogP contribution in [0, 0.1) is 0 Å². The Balaban J connectivity index is 0.00000197. The highest BCUT2D eigenvalue weighted by Crippen LogP contribution is 2.53. The van der Waals surface area contributed by atoms with Crippen LogP contribution in [0.5, 0.6) is 17.2 Å². The summed E-state index contributed by atoms with van der Waals surface area (Å²) in [7, 11) is -11.7. The van der Waals surface area contributed by atoms with Crippen LogP contribution in [0.25, 0.3) is 22.3 Å². The number of aromatic carboxylic acids is 1. The van der Waals surface area contributed by atoms with Gasteiger partial charge in [0.15, 0.2) is 0 Å². The van der Waals surface area contributed by atoms with Crippen LogP contribution < -0.4 is 25.7 Å². The van der Waals surface area contributed by atoms with Gasteiger partial charge < -0.3 is 30.8 Å². The summed E-state index contributed by atoms with van der Waals surface area (Å²) in [6, 6.07) is 13.9. The molecular weight excluding hydrogens is 709 g/mol. The second-order valence-corrected chi connectivity index (χ2v) is 13.8. The third-order valence-corrected chi connectivity index (χ3v) is 8.18. The molecule has 0 spiro atoms. The molecule has 19 heteroatoms. The molecule has 3 aromatic rings. The Bertz CT molecular complexity index is 1780. The van der Waals surface area contributed by atoms with Crippen molar-refractivity contribution in [3.63, 3.8) is 0 Å². The molecule has 270 valence electrons. The fourth-order valence-corrected chi connectivity index (χ4v) is 5.45. The van der Waals surface area contributed by atoms with Gasteiger partial charge in [0.2, 0.25) is 0 Å². The number of rotatable bonds is 18. The molecule has 0 saturated heterocycles. The van der Waals surface area contributed by atoms with E-state index in [-0.39, 0.29) is 74.1 Å². The Morgan fingerprint density at radius 3 is 1.31 bits per heavy atom. The summed E-state index contributed by atoms with van der Waals surface area (Å²) < 4.78 is 107. The van der Waals surface area contributed by atoms with E-state index in [0.717, 1.165) is 11.1 Å². The lowest BCUT2D eigenvalue weighted by Crippen LogP contribution is -2.15. The summed E-state index contributed by atoms with van der Waals surface area (Å²) in [5.41, 5.74) is 14.3. The standard InChI is InChI=1S/C30H38N2O11S2.O3S/c1-2-13-41-27-24(22-9-5-20(18-31)6-10-22)28(42-14-3-16-44(35,36)37)26(30(33)34)29(43-15-4-17-45(38,39)40)25(27)23-11-7-21(19-32)8-12-23;1-4(2)3/h5-12H,2-4,13-19,31-32H2,1H3,(H,33,34)(H,35,36,37)(H,38,39,40);. The van der Waals surface area contributed by atoms with Crippen LogP contribution in [0.2, 0.25) is 0 Å². The predicted octanol–water partition coefficient (Wildman–Crippen LogP) is 2.73. The first-order chi connectivity index (χ1) is 23.0. The third kappa shape index (κ3) is 13.4. The van der Waals surface area contributed by atoms with Crippen molar-refractivity contribution >= 4 is 36.8 Å². The molecule has 0 aliphatic heterocycles. The quantitative estimate of drug-likeness (QED) is 0.0924. The molecule has 0 unspecified atom stereocenters. The Kier molecular flexibility index (Phi) is 16.1. The molecular formula is C30H38N2O14S3. The number of carboxylic acids is 1. The lowest BCUT2D eigenvalue weighted by molar-refractivity contribution is 0.0687. The molecule has 0 amide bonds. The van der Waals surface area contributed by atoms with Gasteiger partial charge in [0.1, 0.15) is 22.8 Å². The molecule has 0 atom stereocenters. The van der Waals surface area contributed by atoms with Crippen LogP contribution in [0.4, 0.5) is 0 Å². The number of nitrogens with two attached hydrogens (primary N) is 2. The van der Waals surface area contributed by atoms with Gasteiger partial charge in [-0.05, 0) is 41.5 Å². The van der Waals surface area contributed by atoms with Crippen molar-refractivity contribution in [1.82, 2.24) is 0 Å². The molecule has 49 heavy (non-hydrogen) atoms. The Morgan fingerprint density at radius 1 is 0.673 bits per heavy atom. The smallest absolute Gasteiger partial charge is 0.425 e. The largest absolute Gasteiger partial charge is 0.492 e. The van der Waals surface area contributed by atoms with Crippen molar-refractivity contribution in [3.8, 4) is 39.5 Å². The number of carbonyl (C=O) groups is 1. The molecule has 0 aromatic heterocycles. The van der Waals surface area contributed by atoms with E-state index in [1.165, 1.54) is 0 Å². The maximum Gasteiger partial charge on any atom is 0.425 e. The van der Waals surface area contributed by atoms with Crippen molar-refractivity contribution in [1.29, 1.82) is 0 Å². The van der Waals surface area contributed by atoms with Crippen LogP contribution in [0.1, 0.15) is 47.7 Å². The number of hydrogen-bond donors (Lipinski definition) is 5. The number of carboxylic acid groups (broad SMARTS) is 1. The molecule has 0 fully saturated rings. The first-order valence-corrected chi connectivity index (χ1v) is 18.9. The molecule has 0 aliphatic rings. The minimum absolute atomic E-state index is 0.165. The summed E-state index contributed by atoms with van der Waals surface area (Å²) in [4.78, 5) is 13.0. The van der Waals surface area contributed by atoms with E-state index < -0.39 is 53.9 Å². The minimum Gasteiger partial charge on any atom is -0.492 e. The molecule has 7 N–H and O–H groups in total. The molecule has 0 radical (unpaired) electrons. The zero-order valence-corrected chi connectivity index (χ0v) is 28.9. The second-order valence-electron chi connectivity index (χ2n) is 10.2. The fourth-order valence-electron chi connectivity index (χ4n) is 4.49. The van der Waals surface area contributed by atoms with E-state index in [9.17, 15) is 35.8 Å². The van der Waals surface area contributed by atoms with Gasteiger partial charge in [-0.1, -0.05) is 55.5 Å². The van der Waals surface area contributed by atoms with Crippen LogP contribution in [-0.4, -0.2) is 81.0 Å². The molecule has 0 bridgehead atoms. The van der Waals surface area contributed by atoms with Gasteiger partial charge >= 0.3 is 16.6 Å². The molecule has 3 rings (SSSR count). The van der Waals surface area contributed by atoms with Gasteiger partial charge in [0.25, 0.3) is 20.2 Å². The number of benzene rings is 3. The van der Waals surface area contributed by atoms with Crippen LogP contribution in [-0.2, 0) is 43.9 Å². The predicted molar refractivity (Wildman–Crippen MR) is 179 cm³/mol. The number of hydrogen-bond acceptors (Lipinski definition) is 13. The van der Waals surface area contributed by atoms with E-state index in [2.05, 4.69) is 0 Å². The van der Waals surface area contributed by atoms with Gasteiger partial charge in [0.05, 0.1) is 42.5 Å². The van der Waals surface area contributed by atoms with Gasteiger partial charge in [0, 0.05) is 13.1 Å². The van der Waals surface area contributed by atoms with Crippen LogP contribution >= 0.6 is 0 Å². The Hall–Kier alpha value is -4.11. The maximum absolute atomic E-state index is 13.0. The van der Waals surface area contributed by atoms with Gasteiger partial charge in [-0.2, -0.15) is 16.8 Å². The lowest BCUT2D eigenvalue weighted by atomic mass is 9.91. The lowest BCUT2D eigenvalue weighted by Gasteiger charge is -2.25. The van der Waals surface area contributed by atoms with Gasteiger partial charge in [-0.15, -0.1) is 12.6 Å². The maximum atomic E-state index is 13.0. The summed E-state index contributed by atoms with van der Waals surface area (Å²) in [5.74, 6) is -2.86. The number of ether oxygens (including phenoxy) is 3. The normalized spacial score (nSPS) is 11.3. The monoisotopic (exact) mass is 746 g/mol. The highest BCUT2D eigenvalue weighted by atomic mass is 32.2. The molecule has 3 aromatic carbocycles. The van der Waals surface area contributed by atoms with E-state index >= 15 is 0 Å². The van der Waals surface area contributed by atoms with Crippen molar-refractivity contribution in [3.05, 3.63) is 65.2 Å². The van der Waals surface area contributed by atoms with Crippen LogP contribution in [0.15, 0.2) is 48.5 Å². The highest BCUT2D eigenvalue weighted by molar-refractivity contribution is 7.86. The highest BCUT2D eigenvalue weighted by Gasteiger charge is 2.33. The molecule has 0 aliphatic carbocycles. The molecule has 0 heterocycles. The average molecular weight is 747 g/mol. The molecule has 16 nitrogen and oxygen atoms in total. The van der Waals surface area contributed by atoms with Gasteiger partial charge in [-0.3, -0.25) is 9.11 Å². The zero-order chi connectivity index (χ0) is 36.8. The molecule has 0 saturated carbocycles. The van der Waals surface area contributed by atoms with Crippen LogP contribution in [0.3, 0.4) is 0 Å². The van der Waals surface area contributed by atoms with Gasteiger partial charge in [-0.25, -0.2) is 4.79 Å². The first-order valence-electron chi connectivity index (χ1n) is 14.6. The van der Waals surface area contributed by atoms with E-state index in [4.69, 9.17) is 38.3 Å². The summed E-state index contributed by atoms with van der Waals surface area (Å²) in [6.07, 6.45) is 0.246. The SMILES string of the molecule is CCCOc1c(-c2ccc(CN)cc2)c(OCCCS(=O)(=O)O)c(C(=O)O)c(OCCCS(=O)(=O)O)c1-c1ccc(CN)cc1.O=S(=O)=O. The Morgan fingerprint density at radius 2 is 1.02 bits per heavy atom. The van der Waals surface area contributed by atoms with E-state index in [1.54, 1.807) is 48.5 Å². The van der Waals surface area contributed by atoms with Crippen molar-refractivity contribution < 1.29 is 62.7 Å². The zero-order valence-electron chi connectivity index (χ0n) is 26.4. The second kappa shape index (κ2) is 19.2. The van der Waals surface area contributed by atoms with E-state index in [0.29, 0.717) is 17.5 Å². The third-order valence-electron chi connectivity index (χ3n) is 6.57. The van der Waals surface area contributed by atoms with Crippen molar-refractivity contribution in [2.45, 2.75) is 39.3 Å². The topological polar surface area (TPSA) is 277 Å². The Labute approximate surface area is 285 Å². The summed E-state index contributed by atoms with van der Waals surface area (Å²) >= 11 is 0. The first kappa shape index (κ1) is 41.1. The summed E-state index contributed by atoms with van der Waals surface area (Å²) in [5, 5.41) is 10.6. The van der Waals surface area contributed by atoms with Crippen molar-refractivity contribution in [2.24, 2.45) is 11.5 Å². The van der Waals surface area contributed by atoms with Crippen molar-refractivity contribution in [2.75, 3.05) is 31.3 Å². The van der Waals surface area contributed by atoms with E-state index in [1.807, 2.05) is 6.92 Å². The summed E-state index contributed by atoms with van der Waals surface area (Å²) in [6.45, 7) is 2.01. The average Bonchev–Trinajstić information content (AvgIpc) is 3.02. The fraction of sp³-hybridized carbons (Fsp3) is 0.367. The minimum atomic E-state index is -4.31.